The van der Waals surface area contributed by atoms with Crippen LogP contribution < -0.4 is 0 Å². The van der Waals surface area contributed by atoms with Gasteiger partial charge in [-0.15, -0.1) is 0 Å². The molecule has 7 heteroatoms. The van der Waals surface area contributed by atoms with Crippen molar-refractivity contribution in [2.45, 2.75) is 37.1 Å². The topological polar surface area (TPSA) is 104 Å². The van der Waals surface area contributed by atoms with Gasteiger partial charge in [-0.2, -0.15) is 0 Å². The molecule has 4 aromatic rings. The van der Waals surface area contributed by atoms with E-state index in [0.29, 0.717) is 24.0 Å². The van der Waals surface area contributed by atoms with Crippen molar-refractivity contribution in [2.75, 3.05) is 13.1 Å². The quantitative estimate of drug-likeness (QED) is 0.195. The Morgan fingerprint density at radius 2 is 0.909 bits per heavy atom. The molecule has 2 amide bonds. The summed E-state index contributed by atoms with van der Waals surface area (Å²) in [5.74, 6) is 0.252. The summed E-state index contributed by atoms with van der Waals surface area (Å²) in [6.45, 7) is 0.290. The van der Waals surface area contributed by atoms with Gasteiger partial charge in [0, 0.05) is 24.2 Å². The molecule has 0 aliphatic carbocycles. The Kier molecular flexibility index (Phi) is 10.1. The van der Waals surface area contributed by atoms with Crippen LogP contribution in [-0.2, 0) is 12.8 Å². The van der Waals surface area contributed by atoms with Crippen LogP contribution >= 0.6 is 0 Å². The maximum absolute atomic E-state index is 14.5. The number of aliphatic hydroxyl groups excluding tert-OH is 2. The summed E-state index contributed by atoms with van der Waals surface area (Å²) in [5.41, 5.74) is 3.08. The molecule has 4 N–H and O–H groups in total. The number of benzene rings is 4. The van der Waals surface area contributed by atoms with Gasteiger partial charge in [-0.25, -0.2) is 4.79 Å². The first-order chi connectivity index (χ1) is 21.4. The monoisotopic (exact) mass is 590 g/mol. The van der Waals surface area contributed by atoms with E-state index >= 15 is 0 Å². The number of urea groups is 1. The molecule has 1 fully saturated rings. The first-order valence-corrected chi connectivity index (χ1v) is 14.8. The summed E-state index contributed by atoms with van der Waals surface area (Å²) in [6, 6.07) is 31.3. The third kappa shape index (κ3) is 7.37. The molecule has 0 aromatic heterocycles. The van der Waals surface area contributed by atoms with Crippen LogP contribution in [-0.4, -0.2) is 73.6 Å². The van der Waals surface area contributed by atoms with Crippen LogP contribution in [0.4, 0.5) is 4.79 Å². The summed E-state index contributed by atoms with van der Waals surface area (Å²) >= 11 is 0. The van der Waals surface area contributed by atoms with Crippen LogP contribution in [0.3, 0.4) is 0 Å². The lowest BCUT2D eigenvalue weighted by molar-refractivity contribution is -0.0377. The van der Waals surface area contributed by atoms with Crippen molar-refractivity contribution in [3.63, 3.8) is 0 Å². The Bertz CT molecular complexity index is 1460. The highest BCUT2D eigenvalue weighted by molar-refractivity contribution is 5.77. The fraction of sp³-hybridized carbons (Fsp3) is 0.216. The van der Waals surface area contributed by atoms with Gasteiger partial charge < -0.3 is 30.2 Å². The maximum Gasteiger partial charge on any atom is 0.321 e. The number of phenolic OH excluding ortho intramolecular Hbond substituents is 2. The maximum atomic E-state index is 14.5. The molecule has 0 unspecified atom stereocenters. The number of phenols is 2. The Morgan fingerprint density at radius 3 is 1.30 bits per heavy atom. The molecule has 0 saturated carbocycles. The van der Waals surface area contributed by atoms with E-state index in [0.717, 1.165) is 11.1 Å². The van der Waals surface area contributed by atoms with E-state index in [2.05, 4.69) is 0 Å². The van der Waals surface area contributed by atoms with Crippen LogP contribution in [0.5, 0.6) is 11.5 Å². The number of para-hydroxylation sites is 2. The minimum absolute atomic E-state index is 0.126. The Balaban J connectivity index is 1.52. The Morgan fingerprint density at radius 1 is 0.545 bits per heavy atom. The molecular formula is C37H38N2O5. The molecule has 44 heavy (non-hydrogen) atoms. The van der Waals surface area contributed by atoms with Gasteiger partial charge >= 0.3 is 6.03 Å². The smallest absolute Gasteiger partial charge is 0.321 e. The highest BCUT2D eigenvalue weighted by Gasteiger charge is 2.45. The predicted octanol–water partition coefficient (Wildman–Crippen LogP) is 5.51. The SMILES string of the molecule is O=C1N(C/C=C/c2ccccc2O)[C@H](Cc2ccccc2)[C@H](O)[C@@H](O)[C@@H](Cc2ccccc2)N1C/C=C/c1ccccc1O. The first kappa shape index (κ1) is 30.6. The highest BCUT2D eigenvalue weighted by atomic mass is 16.3. The van der Waals surface area contributed by atoms with Gasteiger partial charge in [0.25, 0.3) is 0 Å². The molecule has 4 atom stereocenters. The van der Waals surface area contributed by atoms with E-state index < -0.39 is 24.3 Å². The average Bonchev–Trinajstić information content (AvgIpc) is 3.10. The Labute approximate surface area is 258 Å². The molecule has 1 aliphatic heterocycles. The second kappa shape index (κ2) is 14.6. The van der Waals surface area contributed by atoms with Crippen LogP contribution in [0, 0.1) is 0 Å². The van der Waals surface area contributed by atoms with E-state index in [9.17, 15) is 25.2 Å². The minimum atomic E-state index is -1.24. The Hall–Kier alpha value is -4.85. The fourth-order valence-electron chi connectivity index (χ4n) is 5.72. The number of amides is 2. The van der Waals surface area contributed by atoms with Crippen LogP contribution in [0.1, 0.15) is 22.3 Å². The molecule has 7 nitrogen and oxygen atoms in total. The van der Waals surface area contributed by atoms with Gasteiger partial charge in [0.2, 0.25) is 0 Å². The lowest BCUT2D eigenvalue weighted by atomic mass is 9.91. The van der Waals surface area contributed by atoms with Crippen LogP contribution in [0.2, 0.25) is 0 Å². The van der Waals surface area contributed by atoms with Crippen molar-refractivity contribution in [1.29, 1.82) is 0 Å². The molecule has 1 saturated heterocycles. The van der Waals surface area contributed by atoms with E-state index in [-0.39, 0.29) is 30.6 Å². The summed E-state index contributed by atoms with van der Waals surface area (Å²) in [4.78, 5) is 17.7. The van der Waals surface area contributed by atoms with Gasteiger partial charge in [-0.05, 0) is 36.1 Å². The van der Waals surface area contributed by atoms with Crippen LogP contribution in [0.15, 0.2) is 121 Å². The summed E-state index contributed by atoms with van der Waals surface area (Å²) in [7, 11) is 0. The second-order valence-electron chi connectivity index (χ2n) is 11.0. The summed E-state index contributed by atoms with van der Waals surface area (Å²) in [5, 5.41) is 44.0. The predicted molar refractivity (Wildman–Crippen MR) is 173 cm³/mol. The average molecular weight is 591 g/mol. The minimum Gasteiger partial charge on any atom is -0.507 e. The third-order valence-corrected chi connectivity index (χ3v) is 8.08. The van der Waals surface area contributed by atoms with Gasteiger partial charge in [0.05, 0.1) is 12.1 Å². The first-order valence-electron chi connectivity index (χ1n) is 14.8. The van der Waals surface area contributed by atoms with Crippen molar-refractivity contribution in [3.05, 3.63) is 144 Å². The lowest BCUT2D eigenvalue weighted by Gasteiger charge is -2.34. The molecule has 226 valence electrons. The normalized spacial score (nSPS) is 20.8. The van der Waals surface area contributed by atoms with E-state index in [1.54, 1.807) is 70.5 Å². The number of carbonyl (C=O) groups excluding carboxylic acids is 1. The van der Waals surface area contributed by atoms with Gasteiger partial charge in [-0.3, -0.25) is 0 Å². The van der Waals surface area contributed by atoms with Crippen molar-refractivity contribution in [3.8, 4) is 11.5 Å². The molecule has 1 heterocycles. The number of hydrogen-bond acceptors (Lipinski definition) is 5. The number of carbonyl (C=O) groups is 1. The van der Waals surface area contributed by atoms with E-state index in [4.69, 9.17) is 0 Å². The number of hydrogen-bond donors (Lipinski definition) is 4. The standard InChI is InChI=1S/C37H38N2O5/c40-33-21-9-7-17-29(33)19-11-23-38-31(25-27-13-3-1-4-14-27)35(42)36(43)32(26-28-15-5-2-6-16-28)39(37(38)44)24-12-20-30-18-8-10-22-34(30)41/h1-22,31-32,35-36,40-43H,23-26H2/b19-11+,20-12+/t31-,32-,35+,36+/m1/s1. The lowest BCUT2D eigenvalue weighted by Crippen LogP contribution is -2.51. The zero-order valence-corrected chi connectivity index (χ0v) is 24.4. The molecule has 0 radical (unpaired) electrons. The van der Waals surface area contributed by atoms with Crippen molar-refractivity contribution >= 4 is 18.2 Å². The number of aliphatic hydroxyl groups is 2. The fourth-order valence-corrected chi connectivity index (χ4v) is 5.72. The van der Waals surface area contributed by atoms with Gasteiger partial charge in [-0.1, -0.05) is 121 Å². The third-order valence-electron chi connectivity index (χ3n) is 8.08. The van der Waals surface area contributed by atoms with E-state index in [1.807, 2.05) is 72.8 Å². The molecule has 1 aliphatic rings. The highest BCUT2D eigenvalue weighted by Crippen LogP contribution is 2.28. The van der Waals surface area contributed by atoms with Crippen molar-refractivity contribution in [1.82, 2.24) is 9.80 Å². The van der Waals surface area contributed by atoms with Crippen molar-refractivity contribution < 1.29 is 25.2 Å². The van der Waals surface area contributed by atoms with Crippen LogP contribution in [0.25, 0.3) is 12.2 Å². The molecule has 5 rings (SSSR count). The molecular weight excluding hydrogens is 552 g/mol. The molecule has 4 aromatic carbocycles. The van der Waals surface area contributed by atoms with Gasteiger partial charge in [0.15, 0.2) is 0 Å². The second-order valence-corrected chi connectivity index (χ2v) is 11.0. The zero-order valence-electron chi connectivity index (χ0n) is 24.4. The number of aromatic hydroxyl groups is 2. The largest absolute Gasteiger partial charge is 0.507 e. The van der Waals surface area contributed by atoms with Crippen molar-refractivity contribution in [2.24, 2.45) is 0 Å². The summed E-state index contributed by atoms with van der Waals surface area (Å²) < 4.78 is 0. The molecule has 0 spiro atoms. The van der Waals surface area contributed by atoms with E-state index in [1.165, 1.54) is 0 Å². The zero-order chi connectivity index (χ0) is 30.9. The number of rotatable bonds is 10. The summed E-state index contributed by atoms with van der Waals surface area (Å²) in [6.07, 6.45) is 5.29. The molecule has 0 bridgehead atoms. The number of nitrogens with zero attached hydrogens (tertiary/aromatic N) is 2. The van der Waals surface area contributed by atoms with Gasteiger partial charge in [0.1, 0.15) is 23.7 Å².